The van der Waals surface area contributed by atoms with Gasteiger partial charge in [0.2, 0.25) is 0 Å². The van der Waals surface area contributed by atoms with Gasteiger partial charge in [-0.25, -0.2) is 4.79 Å². The van der Waals surface area contributed by atoms with Crippen LogP contribution in [-0.2, 0) is 9.53 Å². The van der Waals surface area contributed by atoms with Gasteiger partial charge in [0.1, 0.15) is 6.10 Å². The van der Waals surface area contributed by atoms with Crippen molar-refractivity contribution < 1.29 is 9.53 Å². The van der Waals surface area contributed by atoms with Gasteiger partial charge in [0.05, 0.1) is 0 Å². The second-order valence-electron chi connectivity index (χ2n) is 9.69. The maximum atomic E-state index is 12.3. The van der Waals surface area contributed by atoms with Gasteiger partial charge in [-0.2, -0.15) is 0 Å². The summed E-state index contributed by atoms with van der Waals surface area (Å²) in [7, 11) is 0. The molecule has 2 aliphatic rings. The number of fused-ring (bicyclic) bond motifs is 2. The topological polar surface area (TPSA) is 26.3 Å². The van der Waals surface area contributed by atoms with Crippen LogP contribution < -0.4 is 0 Å². The van der Waals surface area contributed by atoms with E-state index < -0.39 is 0 Å². The summed E-state index contributed by atoms with van der Waals surface area (Å²) in [6.45, 7) is 14.9. The zero-order valence-corrected chi connectivity index (χ0v) is 17.3. The number of ether oxygens (including phenoxy) is 1. The first-order valence-electron chi connectivity index (χ1n) is 10.6. The molecule has 0 radical (unpaired) electrons. The summed E-state index contributed by atoms with van der Waals surface area (Å²) in [6.07, 6.45) is 11.6. The van der Waals surface area contributed by atoms with E-state index in [9.17, 15) is 4.79 Å². The van der Waals surface area contributed by atoms with Gasteiger partial charge in [0.25, 0.3) is 0 Å². The first-order chi connectivity index (χ1) is 11.7. The molecule has 0 aromatic rings. The third-order valence-corrected chi connectivity index (χ3v) is 6.99. The van der Waals surface area contributed by atoms with Crippen molar-refractivity contribution in [1.29, 1.82) is 0 Å². The maximum Gasteiger partial charge on any atom is 0.333 e. The Morgan fingerprint density at radius 2 is 2.00 bits per heavy atom. The van der Waals surface area contributed by atoms with Gasteiger partial charge < -0.3 is 4.74 Å². The number of esters is 1. The van der Waals surface area contributed by atoms with Crippen molar-refractivity contribution in [2.75, 3.05) is 0 Å². The summed E-state index contributed by atoms with van der Waals surface area (Å²) in [6, 6.07) is 0. The highest BCUT2D eigenvalue weighted by Crippen LogP contribution is 2.52. The van der Waals surface area contributed by atoms with Crippen LogP contribution in [0.1, 0.15) is 92.4 Å². The van der Waals surface area contributed by atoms with E-state index >= 15 is 0 Å². The highest BCUT2D eigenvalue weighted by atomic mass is 16.5. The standard InChI is InChI=1S/C23H40O2/c1-7-17(4)10-11-18(5)21(25-22(24)16(2)3)20-13-19-9-8-12-23(6,14-19)15-20/h17-21H,2,7-15H2,1,3-6H3. The minimum absolute atomic E-state index is 0.0634. The lowest BCUT2D eigenvalue weighted by Gasteiger charge is -2.49. The number of hydrogen-bond donors (Lipinski definition) is 0. The molecule has 2 bridgehead atoms. The highest BCUT2D eigenvalue weighted by molar-refractivity contribution is 5.87. The molecule has 0 saturated heterocycles. The Labute approximate surface area is 155 Å². The second-order valence-corrected chi connectivity index (χ2v) is 9.69. The molecule has 2 saturated carbocycles. The first kappa shape index (κ1) is 20.5. The Morgan fingerprint density at radius 1 is 1.28 bits per heavy atom. The third kappa shape index (κ3) is 5.59. The van der Waals surface area contributed by atoms with Crippen molar-refractivity contribution in [3.05, 3.63) is 12.2 Å². The summed E-state index contributed by atoms with van der Waals surface area (Å²) >= 11 is 0. The van der Waals surface area contributed by atoms with E-state index in [1.54, 1.807) is 6.92 Å². The van der Waals surface area contributed by atoms with Crippen molar-refractivity contribution in [3.63, 3.8) is 0 Å². The number of hydrogen-bond acceptors (Lipinski definition) is 2. The lowest BCUT2D eigenvalue weighted by atomic mass is 9.58. The predicted octanol–water partition coefficient (Wildman–Crippen LogP) is 6.54. The van der Waals surface area contributed by atoms with Crippen LogP contribution in [0.15, 0.2) is 12.2 Å². The van der Waals surface area contributed by atoms with Crippen molar-refractivity contribution in [2.24, 2.45) is 29.1 Å². The summed E-state index contributed by atoms with van der Waals surface area (Å²) in [5.74, 6) is 2.36. The van der Waals surface area contributed by atoms with Crippen LogP contribution in [0.2, 0.25) is 0 Å². The van der Waals surface area contributed by atoms with Crippen LogP contribution >= 0.6 is 0 Å². The van der Waals surface area contributed by atoms with E-state index in [-0.39, 0.29) is 12.1 Å². The molecular weight excluding hydrogens is 308 g/mol. The van der Waals surface area contributed by atoms with Gasteiger partial charge in [0, 0.05) is 5.57 Å². The molecule has 2 nitrogen and oxygen atoms in total. The summed E-state index contributed by atoms with van der Waals surface area (Å²) in [5, 5.41) is 0. The van der Waals surface area contributed by atoms with Crippen molar-refractivity contribution in [3.8, 4) is 0 Å². The molecule has 0 heterocycles. The van der Waals surface area contributed by atoms with Gasteiger partial charge in [0.15, 0.2) is 0 Å². The molecule has 25 heavy (non-hydrogen) atoms. The molecule has 2 fully saturated rings. The number of rotatable bonds is 8. The van der Waals surface area contributed by atoms with E-state index in [2.05, 4.69) is 34.3 Å². The SMILES string of the molecule is C=C(C)C(=O)OC(C(C)CCC(C)CC)C1CC2CCCC(C)(C2)C1. The molecule has 144 valence electrons. The van der Waals surface area contributed by atoms with Crippen LogP contribution in [0, 0.1) is 29.1 Å². The largest absolute Gasteiger partial charge is 0.458 e. The Kier molecular flexibility index (Phi) is 7.17. The Hall–Kier alpha value is -0.790. The van der Waals surface area contributed by atoms with Crippen molar-refractivity contribution in [1.82, 2.24) is 0 Å². The summed E-state index contributed by atoms with van der Waals surface area (Å²) in [4.78, 5) is 12.3. The van der Waals surface area contributed by atoms with Crippen molar-refractivity contribution in [2.45, 2.75) is 98.5 Å². The van der Waals surface area contributed by atoms with E-state index in [0.717, 1.165) is 18.3 Å². The average Bonchev–Trinajstić information content (AvgIpc) is 2.55. The zero-order chi connectivity index (χ0) is 18.6. The molecule has 0 amide bonds. The molecule has 2 rings (SSSR count). The Bertz CT molecular complexity index is 469. The molecule has 0 N–H and O–H groups in total. The van der Waals surface area contributed by atoms with Crippen LogP contribution in [0.4, 0.5) is 0 Å². The first-order valence-corrected chi connectivity index (χ1v) is 10.6. The molecule has 0 aromatic heterocycles. The fourth-order valence-electron chi connectivity index (χ4n) is 5.32. The normalized spacial score (nSPS) is 32.5. The second kappa shape index (κ2) is 8.73. The maximum absolute atomic E-state index is 12.3. The van der Waals surface area contributed by atoms with Crippen molar-refractivity contribution >= 4 is 5.97 Å². The number of carbonyl (C=O) groups excluding carboxylic acids is 1. The van der Waals surface area contributed by atoms with Crippen LogP contribution in [-0.4, -0.2) is 12.1 Å². The van der Waals surface area contributed by atoms with Gasteiger partial charge in [-0.3, -0.25) is 0 Å². The van der Waals surface area contributed by atoms with Crippen LogP contribution in [0.25, 0.3) is 0 Å². The summed E-state index contributed by atoms with van der Waals surface area (Å²) < 4.78 is 6.05. The quantitative estimate of drug-likeness (QED) is 0.367. The van der Waals surface area contributed by atoms with Gasteiger partial charge in [-0.05, 0) is 68.1 Å². The van der Waals surface area contributed by atoms with E-state index in [4.69, 9.17) is 4.74 Å². The zero-order valence-electron chi connectivity index (χ0n) is 17.3. The van der Waals surface area contributed by atoms with E-state index in [1.165, 1.54) is 51.4 Å². The molecule has 0 spiro atoms. The molecule has 6 unspecified atom stereocenters. The smallest absolute Gasteiger partial charge is 0.333 e. The van der Waals surface area contributed by atoms with Gasteiger partial charge >= 0.3 is 5.97 Å². The molecule has 0 aliphatic heterocycles. The molecule has 2 heteroatoms. The van der Waals surface area contributed by atoms with Gasteiger partial charge in [-0.15, -0.1) is 0 Å². The molecule has 2 aliphatic carbocycles. The summed E-state index contributed by atoms with van der Waals surface area (Å²) in [5.41, 5.74) is 0.997. The minimum Gasteiger partial charge on any atom is -0.458 e. The molecule has 0 aromatic carbocycles. The monoisotopic (exact) mass is 348 g/mol. The minimum atomic E-state index is -0.193. The third-order valence-electron chi connectivity index (χ3n) is 6.99. The number of carbonyl (C=O) groups is 1. The lowest BCUT2D eigenvalue weighted by Crippen LogP contribution is -2.43. The molecular formula is C23H40O2. The van der Waals surface area contributed by atoms with Crippen LogP contribution in [0.5, 0.6) is 0 Å². The average molecular weight is 349 g/mol. The fraction of sp³-hybridized carbons (Fsp3) is 0.870. The lowest BCUT2D eigenvalue weighted by molar-refractivity contribution is -0.154. The fourth-order valence-corrected chi connectivity index (χ4v) is 5.32. The highest BCUT2D eigenvalue weighted by Gasteiger charge is 2.44. The Balaban J connectivity index is 2.10. The van der Waals surface area contributed by atoms with E-state index in [1.807, 2.05) is 0 Å². The van der Waals surface area contributed by atoms with Gasteiger partial charge in [-0.1, -0.05) is 60.0 Å². The van der Waals surface area contributed by atoms with E-state index in [0.29, 0.717) is 22.8 Å². The van der Waals surface area contributed by atoms with Crippen LogP contribution in [0.3, 0.4) is 0 Å². The molecule has 6 atom stereocenters. The predicted molar refractivity (Wildman–Crippen MR) is 105 cm³/mol. The Morgan fingerprint density at radius 3 is 2.60 bits per heavy atom.